The molecule has 1 unspecified atom stereocenters. The number of carbonyl (C=O) groups is 4. The highest BCUT2D eigenvalue weighted by atomic mass is 16.4. The Balaban J connectivity index is 2.95. The molecule has 7 heteroatoms. The molecule has 0 aromatic heterocycles. The number of carboxylic acids is 1. The number of aldehydes is 1. The van der Waals surface area contributed by atoms with E-state index in [1.165, 1.54) is 19.9 Å². The van der Waals surface area contributed by atoms with Crippen LogP contribution >= 0.6 is 0 Å². The van der Waals surface area contributed by atoms with Crippen molar-refractivity contribution in [2.75, 3.05) is 11.9 Å². The first kappa shape index (κ1) is 18.1. The first-order chi connectivity index (χ1) is 10.9. The fourth-order valence-corrected chi connectivity index (χ4v) is 1.77. The number of para-hydroxylation sites is 1. The van der Waals surface area contributed by atoms with E-state index < -0.39 is 23.8 Å². The summed E-state index contributed by atoms with van der Waals surface area (Å²) in [5.41, 5.74) is 1.12. The van der Waals surface area contributed by atoms with Gasteiger partial charge in [-0.3, -0.25) is 19.3 Å². The number of benzene rings is 1. The maximum Gasteiger partial charge on any atom is 0.325 e. The first-order valence-electron chi connectivity index (χ1n) is 6.89. The summed E-state index contributed by atoms with van der Waals surface area (Å²) in [7, 11) is 0. The second-order valence-corrected chi connectivity index (χ2v) is 4.76. The van der Waals surface area contributed by atoms with E-state index in [-0.39, 0.29) is 6.54 Å². The predicted octanol–water partition coefficient (Wildman–Crippen LogP) is 1.16. The maximum absolute atomic E-state index is 11.9. The molecule has 0 spiro atoms. The number of nitrogens with zero attached hydrogens (tertiary/aromatic N) is 1. The van der Waals surface area contributed by atoms with E-state index in [0.717, 1.165) is 11.0 Å². The van der Waals surface area contributed by atoms with Crippen molar-refractivity contribution in [1.82, 2.24) is 4.90 Å². The lowest BCUT2D eigenvalue weighted by molar-refractivity contribution is -0.142. The molecule has 1 atom stereocenters. The summed E-state index contributed by atoms with van der Waals surface area (Å²) < 4.78 is 0. The van der Waals surface area contributed by atoms with Gasteiger partial charge in [-0.25, -0.2) is 0 Å². The molecule has 0 fully saturated rings. The zero-order chi connectivity index (χ0) is 17.4. The van der Waals surface area contributed by atoms with Crippen LogP contribution in [0.2, 0.25) is 0 Å². The van der Waals surface area contributed by atoms with Gasteiger partial charge in [-0.05, 0) is 24.6 Å². The topological polar surface area (TPSA) is 104 Å². The van der Waals surface area contributed by atoms with Crippen molar-refractivity contribution in [3.8, 4) is 0 Å². The normalized spacial score (nSPS) is 11.7. The van der Waals surface area contributed by atoms with E-state index in [1.54, 1.807) is 24.3 Å². The third-order valence-electron chi connectivity index (χ3n) is 3.01. The molecule has 7 nitrogen and oxygen atoms in total. The standard InChI is InChI=1S/C16H18N2O5/c1-11(16(22)23)17-14-6-4-3-5-13(14)7-8-15(21)18(9-10-19)12(2)20/h3-8,10-11,17H,9H2,1-2H3,(H,22,23)/b8-7+. The molecule has 0 saturated carbocycles. The van der Waals surface area contributed by atoms with Gasteiger partial charge < -0.3 is 15.2 Å². The molecule has 0 heterocycles. The van der Waals surface area contributed by atoms with Gasteiger partial charge in [-0.15, -0.1) is 0 Å². The van der Waals surface area contributed by atoms with Gasteiger partial charge >= 0.3 is 5.97 Å². The lowest BCUT2D eigenvalue weighted by atomic mass is 10.1. The molecule has 0 saturated heterocycles. The van der Waals surface area contributed by atoms with Crippen LogP contribution in [0, 0.1) is 0 Å². The summed E-state index contributed by atoms with van der Waals surface area (Å²) >= 11 is 0. The van der Waals surface area contributed by atoms with Crippen molar-refractivity contribution in [3.05, 3.63) is 35.9 Å². The largest absolute Gasteiger partial charge is 0.480 e. The van der Waals surface area contributed by atoms with Gasteiger partial charge in [0.2, 0.25) is 5.91 Å². The van der Waals surface area contributed by atoms with Crippen LogP contribution in [0.5, 0.6) is 0 Å². The van der Waals surface area contributed by atoms with Crippen LogP contribution < -0.4 is 5.32 Å². The first-order valence-corrected chi connectivity index (χ1v) is 6.89. The Morgan fingerprint density at radius 3 is 2.52 bits per heavy atom. The highest BCUT2D eigenvalue weighted by Gasteiger charge is 2.15. The highest BCUT2D eigenvalue weighted by molar-refractivity contribution is 6.03. The Hall–Kier alpha value is -2.96. The Kier molecular flexibility index (Phi) is 6.67. The molecule has 0 aliphatic rings. The van der Waals surface area contributed by atoms with Gasteiger partial charge in [0.05, 0.1) is 6.54 Å². The molecule has 2 amide bonds. The minimum atomic E-state index is -1.01. The summed E-state index contributed by atoms with van der Waals surface area (Å²) in [4.78, 5) is 45.5. The van der Waals surface area contributed by atoms with Crippen LogP contribution in [0.4, 0.5) is 5.69 Å². The second-order valence-electron chi connectivity index (χ2n) is 4.76. The number of hydrogen-bond donors (Lipinski definition) is 2. The smallest absolute Gasteiger partial charge is 0.325 e. The third-order valence-corrected chi connectivity index (χ3v) is 3.01. The van der Waals surface area contributed by atoms with Gasteiger partial charge in [-0.1, -0.05) is 18.2 Å². The number of anilines is 1. The van der Waals surface area contributed by atoms with Crippen molar-refractivity contribution in [3.63, 3.8) is 0 Å². The summed E-state index contributed by atoms with van der Waals surface area (Å²) in [6.45, 7) is 2.38. The molecule has 1 aromatic rings. The van der Waals surface area contributed by atoms with E-state index in [9.17, 15) is 19.2 Å². The van der Waals surface area contributed by atoms with Crippen molar-refractivity contribution < 1.29 is 24.3 Å². The van der Waals surface area contributed by atoms with Crippen molar-refractivity contribution in [1.29, 1.82) is 0 Å². The van der Waals surface area contributed by atoms with Crippen LogP contribution in [0.25, 0.3) is 6.08 Å². The lowest BCUT2D eigenvalue weighted by Crippen LogP contribution is -2.35. The summed E-state index contributed by atoms with van der Waals surface area (Å²) in [5, 5.41) is 11.7. The van der Waals surface area contributed by atoms with Crippen LogP contribution in [0.15, 0.2) is 30.3 Å². The quantitative estimate of drug-likeness (QED) is 0.577. The Labute approximate surface area is 133 Å². The van der Waals surface area contributed by atoms with Crippen molar-refractivity contribution in [2.45, 2.75) is 19.9 Å². The maximum atomic E-state index is 11.9. The van der Waals surface area contributed by atoms with E-state index in [0.29, 0.717) is 17.5 Å². The lowest BCUT2D eigenvalue weighted by Gasteiger charge is -2.14. The van der Waals surface area contributed by atoms with Crippen LogP contribution in [-0.4, -0.2) is 46.7 Å². The highest BCUT2D eigenvalue weighted by Crippen LogP contribution is 2.18. The molecule has 2 N–H and O–H groups in total. The molecule has 0 radical (unpaired) electrons. The SMILES string of the molecule is CC(=O)N(CC=O)C(=O)/C=C/c1ccccc1NC(C)C(=O)O. The minimum absolute atomic E-state index is 0.311. The summed E-state index contributed by atoms with van der Waals surface area (Å²) in [6.07, 6.45) is 3.09. The average Bonchev–Trinajstić information content (AvgIpc) is 2.50. The van der Waals surface area contributed by atoms with Crippen LogP contribution in [0.3, 0.4) is 0 Å². The zero-order valence-electron chi connectivity index (χ0n) is 12.9. The van der Waals surface area contributed by atoms with E-state index >= 15 is 0 Å². The Morgan fingerprint density at radius 2 is 1.96 bits per heavy atom. The zero-order valence-corrected chi connectivity index (χ0v) is 12.9. The number of rotatable bonds is 7. The number of amides is 2. The molecule has 0 aliphatic heterocycles. The molecule has 122 valence electrons. The Bertz CT molecular complexity index is 639. The minimum Gasteiger partial charge on any atom is -0.480 e. The van der Waals surface area contributed by atoms with Gasteiger partial charge in [0.25, 0.3) is 5.91 Å². The predicted molar refractivity (Wildman–Crippen MR) is 84.7 cm³/mol. The van der Waals surface area contributed by atoms with Crippen LogP contribution in [-0.2, 0) is 19.2 Å². The van der Waals surface area contributed by atoms with Gasteiger partial charge in [0, 0.05) is 18.7 Å². The van der Waals surface area contributed by atoms with E-state index in [2.05, 4.69) is 5.32 Å². The number of carbonyl (C=O) groups excluding carboxylic acids is 3. The van der Waals surface area contributed by atoms with Crippen LogP contribution in [0.1, 0.15) is 19.4 Å². The summed E-state index contributed by atoms with van der Waals surface area (Å²) in [5.74, 6) is -2.16. The van der Waals surface area contributed by atoms with Crippen molar-refractivity contribution in [2.24, 2.45) is 0 Å². The van der Waals surface area contributed by atoms with Gasteiger partial charge in [0.15, 0.2) is 0 Å². The molecular formula is C16H18N2O5. The number of imide groups is 1. The molecule has 0 bridgehead atoms. The molecule has 23 heavy (non-hydrogen) atoms. The number of nitrogens with one attached hydrogen (secondary N) is 1. The Morgan fingerprint density at radius 1 is 1.30 bits per heavy atom. The second kappa shape index (κ2) is 8.47. The fourth-order valence-electron chi connectivity index (χ4n) is 1.77. The van der Waals surface area contributed by atoms with E-state index in [1.807, 2.05) is 0 Å². The molecule has 0 aliphatic carbocycles. The summed E-state index contributed by atoms with van der Waals surface area (Å²) in [6, 6.07) is 6.03. The van der Waals surface area contributed by atoms with E-state index in [4.69, 9.17) is 5.11 Å². The molecular weight excluding hydrogens is 300 g/mol. The number of hydrogen-bond acceptors (Lipinski definition) is 5. The third kappa shape index (κ3) is 5.39. The van der Waals surface area contributed by atoms with Gasteiger partial charge in [0.1, 0.15) is 12.3 Å². The monoisotopic (exact) mass is 318 g/mol. The molecule has 1 rings (SSSR count). The number of aliphatic carboxylic acids is 1. The average molecular weight is 318 g/mol. The van der Waals surface area contributed by atoms with Gasteiger partial charge in [-0.2, -0.15) is 0 Å². The number of carboxylic acid groups (broad SMARTS) is 1. The van der Waals surface area contributed by atoms with Crippen molar-refractivity contribution >= 4 is 35.8 Å². The molecule has 1 aromatic carbocycles. The fraction of sp³-hybridized carbons (Fsp3) is 0.250.